The molecule has 1 aliphatic heterocycles. The molecule has 140 valence electrons. The summed E-state index contributed by atoms with van der Waals surface area (Å²) in [5.41, 5.74) is 1.10. The maximum absolute atomic E-state index is 13.1. The Bertz CT molecular complexity index is 1120. The lowest BCUT2D eigenvalue weighted by Crippen LogP contribution is -2.32. The lowest BCUT2D eigenvalue weighted by Gasteiger charge is -2.18. The molecule has 0 atom stereocenters. The van der Waals surface area contributed by atoms with Gasteiger partial charge in [-0.25, -0.2) is 4.90 Å². The van der Waals surface area contributed by atoms with Crippen molar-refractivity contribution in [2.75, 3.05) is 16.8 Å². The molecule has 1 N–H and O–H groups in total. The van der Waals surface area contributed by atoms with Crippen LogP contribution in [0.25, 0.3) is 10.8 Å². The SMILES string of the molecule is CCOc1ccccc1NC1=C(Cl)C(=O)N(c2cccc3ccccc23)C1=O. The summed E-state index contributed by atoms with van der Waals surface area (Å²) in [6, 6.07) is 20.2. The van der Waals surface area contributed by atoms with Gasteiger partial charge in [0.1, 0.15) is 16.5 Å². The quantitative estimate of drug-likeness (QED) is 0.641. The highest BCUT2D eigenvalue weighted by atomic mass is 35.5. The van der Waals surface area contributed by atoms with Gasteiger partial charge in [-0.1, -0.05) is 60.1 Å². The number of amides is 2. The highest BCUT2D eigenvalue weighted by molar-refractivity contribution is 6.53. The molecular weight excluding hydrogens is 376 g/mol. The van der Waals surface area contributed by atoms with Crippen LogP contribution < -0.4 is 15.0 Å². The van der Waals surface area contributed by atoms with Crippen molar-refractivity contribution >= 4 is 45.6 Å². The molecule has 6 heteroatoms. The lowest BCUT2D eigenvalue weighted by atomic mass is 10.1. The van der Waals surface area contributed by atoms with E-state index in [2.05, 4.69) is 5.32 Å². The van der Waals surface area contributed by atoms with Gasteiger partial charge in [-0.05, 0) is 30.5 Å². The van der Waals surface area contributed by atoms with Gasteiger partial charge in [-0.2, -0.15) is 0 Å². The van der Waals surface area contributed by atoms with E-state index >= 15 is 0 Å². The van der Waals surface area contributed by atoms with E-state index < -0.39 is 11.8 Å². The molecule has 4 rings (SSSR count). The topological polar surface area (TPSA) is 58.6 Å². The van der Waals surface area contributed by atoms with Crippen molar-refractivity contribution in [2.45, 2.75) is 6.92 Å². The van der Waals surface area contributed by atoms with E-state index in [9.17, 15) is 9.59 Å². The molecule has 0 fully saturated rings. The number of benzene rings is 3. The average Bonchev–Trinajstić information content (AvgIpc) is 2.92. The van der Waals surface area contributed by atoms with Crippen LogP contribution in [0.1, 0.15) is 6.92 Å². The summed E-state index contributed by atoms with van der Waals surface area (Å²) in [4.78, 5) is 27.0. The predicted octanol–water partition coefficient (Wildman–Crippen LogP) is 4.67. The minimum absolute atomic E-state index is 0.0340. The molecule has 1 aliphatic rings. The number of halogens is 1. The average molecular weight is 393 g/mol. The summed E-state index contributed by atoms with van der Waals surface area (Å²) in [5.74, 6) is -0.483. The van der Waals surface area contributed by atoms with Gasteiger partial charge in [0, 0.05) is 5.39 Å². The predicted molar refractivity (Wildman–Crippen MR) is 111 cm³/mol. The molecule has 3 aromatic carbocycles. The molecule has 0 aromatic heterocycles. The lowest BCUT2D eigenvalue weighted by molar-refractivity contribution is -0.120. The first kappa shape index (κ1) is 18.1. The molecule has 0 bridgehead atoms. The molecule has 0 spiro atoms. The summed E-state index contributed by atoms with van der Waals surface area (Å²) >= 11 is 6.26. The van der Waals surface area contributed by atoms with E-state index in [0.29, 0.717) is 23.7 Å². The van der Waals surface area contributed by atoms with Crippen LogP contribution in [0, 0.1) is 0 Å². The molecule has 5 nitrogen and oxygen atoms in total. The number of hydrogen-bond donors (Lipinski definition) is 1. The Morgan fingerprint density at radius 2 is 1.64 bits per heavy atom. The van der Waals surface area contributed by atoms with E-state index in [1.165, 1.54) is 0 Å². The zero-order chi connectivity index (χ0) is 19.7. The first-order valence-electron chi connectivity index (χ1n) is 8.87. The monoisotopic (exact) mass is 392 g/mol. The first-order chi connectivity index (χ1) is 13.6. The largest absolute Gasteiger partial charge is 0.492 e. The van der Waals surface area contributed by atoms with Gasteiger partial charge >= 0.3 is 0 Å². The van der Waals surface area contributed by atoms with Gasteiger partial charge < -0.3 is 10.1 Å². The van der Waals surface area contributed by atoms with Crippen LogP contribution in [0.3, 0.4) is 0 Å². The number of carbonyl (C=O) groups is 2. The number of ether oxygens (including phenoxy) is 1. The van der Waals surface area contributed by atoms with Crippen LogP contribution >= 0.6 is 11.6 Å². The van der Waals surface area contributed by atoms with E-state index in [-0.39, 0.29) is 10.7 Å². The molecule has 0 aliphatic carbocycles. The molecule has 1 heterocycles. The molecule has 2 amide bonds. The Kier molecular flexibility index (Phi) is 4.75. The maximum Gasteiger partial charge on any atom is 0.283 e. The molecule has 0 unspecified atom stereocenters. The Morgan fingerprint density at radius 1 is 0.929 bits per heavy atom. The second-order valence-electron chi connectivity index (χ2n) is 6.19. The fourth-order valence-electron chi connectivity index (χ4n) is 3.22. The number of nitrogens with one attached hydrogen (secondary N) is 1. The zero-order valence-corrected chi connectivity index (χ0v) is 15.9. The van der Waals surface area contributed by atoms with E-state index in [1.807, 2.05) is 55.5 Å². The van der Waals surface area contributed by atoms with Crippen LogP contribution in [-0.4, -0.2) is 18.4 Å². The van der Waals surface area contributed by atoms with E-state index in [4.69, 9.17) is 16.3 Å². The van der Waals surface area contributed by atoms with Crippen LogP contribution in [0.2, 0.25) is 0 Å². The Balaban J connectivity index is 1.73. The highest BCUT2D eigenvalue weighted by Gasteiger charge is 2.39. The van der Waals surface area contributed by atoms with E-state index in [0.717, 1.165) is 15.7 Å². The fourth-order valence-corrected chi connectivity index (χ4v) is 3.43. The fraction of sp³-hybridized carbons (Fsp3) is 0.0909. The van der Waals surface area contributed by atoms with Crippen molar-refractivity contribution in [3.63, 3.8) is 0 Å². The number of rotatable bonds is 5. The Hall–Kier alpha value is -3.31. The van der Waals surface area contributed by atoms with Crippen molar-refractivity contribution in [2.24, 2.45) is 0 Å². The van der Waals surface area contributed by atoms with Gasteiger partial charge in [-0.15, -0.1) is 0 Å². The number of nitrogens with zero attached hydrogens (tertiary/aromatic N) is 1. The highest BCUT2D eigenvalue weighted by Crippen LogP contribution is 2.35. The molecular formula is C22H17ClN2O3. The third-order valence-electron chi connectivity index (χ3n) is 4.48. The molecule has 0 radical (unpaired) electrons. The second kappa shape index (κ2) is 7.37. The number of para-hydroxylation sites is 2. The van der Waals surface area contributed by atoms with Crippen LogP contribution in [-0.2, 0) is 9.59 Å². The van der Waals surface area contributed by atoms with E-state index in [1.54, 1.807) is 18.2 Å². The summed E-state index contributed by atoms with van der Waals surface area (Å²) in [6.45, 7) is 2.34. The van der Waals surface area contributed by atoms with Crippen LogP contribution in [0.15, 0.2) is 77.5 Å². The first-order valence-corrected chi connectivity index (χ1v) is 9.24. The van der Waals surface area contributed by atoms with Gasteiger partial charge in [0.05, 0.1) is 18.0 Å². The van der Waals surface area contributed by atoms with Crippen molar-refractivity contribution < 1.29 is 14.3 Å². The summed E-state index contributed by atoms with van der Waals surface area (Å²) in [7, 11) is 0. The van der Waals surface area contributed by atoms with Crippen LogP contribution in [0.4, 0.5) is 11.4 Å². The molecule has 3 aromatic rings. The number of carbonyl (C=O) groups excluding carboxylic acids is 2. The Morgan fingerprint density at radius 3 is 2.46 bits per heavy atom. The van der Waals surface area contributed by atoms with Gasteiger partial charge in [-0.3, -0.25) is 9.59 Å². The minimum Gasteiger partial charge on any atom is -0.492 e. The Labute approximate surface area is 167 Å². The molecule has 0 saturated heterocycles. The number of imide groups is 1. The van der Waals surface area contributed by atoms with Crippen molar-refractivity contribution in [3.8, 4) is 5.75 Å². The van der Waals surface area contributed by atoms with Crippen molar-refractivity contribution in [1.82, 2.24) is 0 Å². The zero-order valence-electron chi connectivity index (χ0n) is 15.1. The number of fused-ring (bicyclic) bond motifs is 1. The third kappa shape index (κ3) is 3.00. The van der Waals surface area contributed by atoms with Gasteiger partial charge in [0.15, 0.2) is 0 Å². The summed E-state index contributed by atoms with van der Waals surface area (Å²) < 4.78 is 5.58. The minimum atomic E-state index is -0.556. The third-order valence-corrected chi connectivity index (χ3v) is 4.83. The molecule has 28 heavy (non-hydrogen) atoms. The molecule has 0 saturated carbocycles. The van der Waals surface area contributed by atoms with Crippen LogP contribution in [0.5, 0.6) is 5.75 Å². The second-order valence-corrected chi connectivity index (χ2v) is 6.57. The standard InChI is InChI=1S/C22H17ClN2O3/c1-2-28-18-13-6-5-11-16(18)24-20-19(23)21(26)25(22(20)27)17-12-7-9-14-8-3-4-10-15(14)17/h3-13,24H,2H2,1H3. The van der Waals surface area contributed by atoms with Gasteiger partial charge in [0.2, 0.25) is 0 Å². The van der Waals surface area contributed by atoms with Crippen molar-refractivity contribution in [1.29, 1.82) is 0 Å². The number of anilines is 2. The smallest absolute Gasteiger partial charge is 0.283 e. The van der Waals surface area contributed by atoms with Crippen molar-refractivity contribution in [3.05, 3.63) is 77.5 Å². The summed E-state index contributed by atoms with van der Waals surface area (Å²) in [5, 5.41) is 4.56. The van der Waals surface area contributed by atoms with Gasteiger partial charge in [0.25, 0.3) is 11.8 Å². The summed E-state index contributed by atoms with van der Waals surface area (Å²) in [6.07, 6.45) is 0. The normalized spacial score (nSPS) is 14.1. The maximum atomic E-state index is 13.1. The number of hydrogen-bond acceptors (Lipinski definition) is 4.